The summed E-state index contributed by atoms with van der Waals surface area (Å²) in [6.45, 7) is 5.40. The average molecular weight is 213 g/mol. The van der Waals surface area contributed by atoms with Crippen molar-refractivity contribution in [2.75, 3.05) is 13.7 Å². The molecule has 2 nitrogen and oxygen atoms in total. The lowest BCUT2D eigenvalue weighted by atomic mass is 9.81. The van der Waals surface area contributed by atoms with Gasteiger partial charge in [-0.1, -0.05) is 32.6 Å². The van der Waals surface area contributed by atoms with Gasteiger partial charge in [-0.25, -0.2) is 0 Å². The number of nitrogens with one attached hydrogen (secondary N) is 1. The number of hydrogen-bond donors (Lipinski definition) is 1. The fraction of sp³-hybridized carbons (Fsp3) is 1.00. The van der Waals surface area contributed by atoms with Crippen LogP contribution in [0.25, 0.3) is 0 Å². The lowest BCUT2D eigenvalue weighted by Crippen LogP contribution is -2.40. The van der Waals surface area contributed by atoms with Crippen LogP contribution in [0.4, 0.5) is 0 Å². The van der Waals surface area contributed by atoms with Gasteiger partial charge in [0.25, 0.3) is 0 Å². The highest BCUT2D eigenvalue weighted by Crippen LogP contribution is 2.30. The summed E-state index contributed by atoms with van der Waals surface area (Å²) < 4.78 is 5.24. The monoisotopic (exact) mass is 213 g/mol. The van der Waals surface area contributed by atoms with E-state index in [0.29, 0.717) is 12.1 Å². The Morgan fingerprint density at radius 2 is 2.13 bits per heavy atom. The van der Waals surface area contributed by atoms with Crippen molar-refractivity contribution in [3.8, 4) is 0 Å². The predicted octanol–water partition coefficient (Wildman–Crippen LogP) is 2.97. The van der Waals surface area contributed by atoms with Crippen molar-refractivity contribution in [1.82, 2.24) is 5.32 Å². The van der Waals surface area contributed by atoms with Gasteiger partial charge in [0.15, 0.2) is 0 Å². The minimum atomic E-state index is 0.551. The topological polar surface area (TPSA) is 21.3 Å². The summed E-state index contributed by atoms with van der Waals surface area (Å²) in [5.41, 5.74) is 0. The molecule has 1 fully saturated rings. The molecule has 0 aromatic rings. The molecule has 1 N–H and O–H groups in total. The summed E-state index contributed by atoms with van der Waals surface area (Å²) in [7, 11) is 1.79. The van der Waals surface area contributed by atoms with E-state index in [1.54, 1.807) is 7.11 Å². The van der Waals surface area contributed by atoms with Crippen LogP contribution >= 0.6 is 0 Å². The van der Waals surface area contributed by atoms with Gasteiger partial charge in [0, 0.05) is 19.2 Å². The van der Waals surface area contributed by atoms with Gasteiger partial charge in [0.2, 0.25) is 0 Å². The predicted molar refractivity (Wildman–Crippen MR) is 65.1 cm³/mol. The Morgan fingerprint density at radius 3 is 2.60 bits per heavy atom. The highest BCUT2D eigenvalue weighted by Gasteiger charge is 2.21. The molecular formula is C13H27NO. The zero-order valence-corrected chi connectivity index (χ0v) is 10.6. The maximum absolute atomic E-state index is 5.24. The Labute approximate surface area is 94.8 Å². The third-order valence-corrected chi connectivity index (χ3v) is 3.44. The van der Waals surface area contributed by atoms with Crippen molar-refractivity contribution in [2.45, 2.75) is 64.5 Å². The van der Waals surface area contributed by atoms with Crippen LogP contribution in [0.3, 0.4) is 0 Å². The Balaban J connectivity index is 2.15. The first-order chi connectivity index (χ1) is 7.26. The molecule has 0 heterocycles. The third-order valence-electron chi connectivity index (χ3n) is 3.44. The molecule has 0 aliphatic heterocycles. The van der Waals surface area contributed by atoms with Crippen molar-refractivity contribution in [2.24, 2.45) is 5.92 Å². The fourth-order valence-corrected chi connectivity index (χ4v) is 2.46. The van der Waals surface area contributed by atoms with Crippen LogP contribution in [0.1, 0.15) is 52.4 Å². The summed E-state index contributed by atoms with van der Waals surface area (Å²) in [6, 6.07) is 1.21. The molecule has 1 rings (SSSR count). The van der Waals surface area contributed by atoms with Crippen LogP contribution < -0.4 is 5.32 Å². The third kappa shape index (κ3) is 4.98. The Bertz CT molecular complexity index is 151. The van der Waals surface area contributed by atoms with Gasteiger partial charge in [-0.15, -0.1) is 0 Å². The van der Waals surface area contributed by atoms with Crippen molar-refractivity contribution in [3.05, 3.63) is 0 Å². The lowest BCUT2D eigenvalue weighted by molar-refractivity contribution is 0.151. The number of rotatable bonds is 8. The molecule has 2 heteroatoms. The SMILES string of the molecule is CCCC(COC)NC(C)CC1CCC1. The summed E-state index contributed by atoms with van der Waals surface area (Å²) >= 11 is 0. The molecule has 2 unspecified atom stereocenters. The van der Waals surface area contributed by atoms with Crippen LogP contribution in [0.2, 0.25) is 0 Å². The quantitative estimate of drug-likeness (QED) is 0.669. The minimum absolute atomic E-state index is 0.551. The van der Waals surface area contributed by atoms with Crippen LogP contribution in [0, 0.1) is 5.92 Å². The standard InChI is InChI=1S/C13H27NO/c1-4-6-13(10-15-3)14-11(2)9-12-7-5-8-12/h11-14H,4-10H2,1-3H3. The number of hydrogen-bond acceptors (Lipinski definition) is 2. The molecular weight excluding hydrogens is 186 g/mol. The molecule has 0 aromatic carbocycles. The highest BCUT2D eigenvalue weighted by molar-refractivity contribution is 4.77. The van der Waals surface area contributed by atoms with Gasteiger partial charge in [-0.05, 0) is 25.7 Å². The minimum Gasteiger partial charge on any atom is -0.383 e. The van der Waals surface area contributed by atoms with Crippen molar-refractivity contribution >= 4 is 0 Å². The smallest absolute Gasteiger partial charge is 0.0615 e. The van der Waals surface area contributed by atoms with E-state index in [2.05, 4.69) is 19.2 Å². The molecule has 90 valence electrons. The zero-order chi connectivity index (χ0) is 11.1. The Morgan fingerprint density at radius 1 is 1.40 bits per heavy atom. The molecule has 0 radical (unpaired) electrons. The summed E-state index contributed by atoms with van der Waals surface area (Å²) in [5.74, 6) is 0.998. The molecule has 0 saturated heterocycles. The van der Waals surface area contributed by atoms with E-state index >= 15 is 0 Å². The van der Waals surface area contributed by atoms with Gasteiger partial charge >= 0.3 is 0 Å². The van der Waals surface area contributed by atoms with Crippen molar-refractivity contribution in [3.63, 3.8) is 0 Å². The second-order valence-electron chi connectivity index (χ2n) is 5.04. The van der Waals surface area contributed by atoms with Crippen LogP contribution in [-0.2, 0) is 4.74 Å². The van der Waals surface area contributed by atoms with E-state index in [-0.39, 0.29) is 0 Å². The van der Waals surface area contributed by atoms with Crippen molar-refractivity contribution < 1.29 is 4.74 Å². The maximum Gasteiger partial charge on any atom is 0.0615 e. The van der Waals surface area contributed by atoms with E-state index in [1.807, 2.05) is 0 Å². The molecule has 1 saturated carbocycles. The molecule has 1 aliphatic carbocycles. The Kier molecular flexibility index (Phi) is 6.26. The van der Waals surface area contributed by atoms with Gasteiger partial charge in [0.05, 0.1) is 6.61 Å². The van der Waals surface area contributed by atoms with Crippen molar-refractivity contribution in [1.29, 1.82) is 0 Å². The first kappa shape index (κ1) is 13.0. The largest absolute Gasteiger partial charge is 0.383 e. The second kappa shape index (κ2) is 7.24. The highest BCUT2D eigenvalue weighted by atomic mass is 16.5. The molecule has 2 atom stereocenters. The average Bonchev–Trinajstić information content (AvgIpc) is 2.12. The van der Waals surface area contributed by atoms with E-state index < -0.39 is 0 Å². The van der Waals surface area contributed by atoms with E-state index in [4.69, 9.17) is 4.74 Å². The van der Waals surface area contributed by atoms with E-state index in [0.717, 1.165) is 12.5 Å². The van der Waals surface area contributed by atoms with Gasteiger partial charge in [-0.3, -0.25) is 0 Å². The molecule has 1 aliphatic rings. The van der Waals surface area contributed by atoms with Crippen LogP contribution in [0.15, 0.2) is 0 Å². The zero-order valence-electron chi connectivity index (χ0n) is 10.6. The molecule has 0 spiro atoms. The molecule has 0 aromatic heterocycles. The summed E-state index contributed by atoms with van der Waals surface area (Å²) in [6.07, 6.45) is 8.17. The van der Waals surface area contributed by atoms with E-state index in [1.165, 1.54) is 38.5 Å². The molecule has 15 heavy (non-hydrogen) atoms. The normalized spacial score (nSPS) is 21.0. The summed E-state index contributed by atoms with van der Waals surface area (Å²) in [5, 5.41) is 3.69. The first-order valence-electron chi connectivity index (χ1n) is 6.51. The lowest BCUT2D eigenvalue weighted by Gasteiger charge is -2.30. The first-order valence-corrected chi connectivity index (χ1v) is 6.51. The van der Waals surface area contributed by atoms with Gasteiger partial charge in [0.1, 0.15) is 0 Å². The Hall–Kier alpha value is -0.0800. The van der Waals surface area contributed by atoms with Crippen LogP contribution in [0.5, 0.6) is 0 Å². The number of ether oxygens (including phenoxy) is 1. The van der Waals surface area contributed by atoms with Gasteiger partial charge < -0.3 is 10.1 Å². The molecule has 0 amide bonds. The van der Waals surface area contributed by atoms with Gasteiger partial charge in [-0.2, -0.15) is 0 Å². The van der Waals surface area contributed by atoms with E-state index in [9.17, 15) is 0 Å². The maximum atomic E-state index is 5.24. The summed E-state index contributed by atoms with van der Waals surface area (Å²) in [4.78, 5) is 0. The van der Waals surface area contributed by atoms with Crippen LogP contribution in [-0.4, -0.2) is 25.8 Å². The molecule has 0 bridgehead atoms. The number of methoxy groups -OCH3 is 1. The fourth-order valence-electron chi connectivity index (χ4n) is 2.46. The second-order valence-corrected chi connectivity index (χ2v) is 5.04.